The zero-order valence-corrected chi connectivity index (χ0v) is 18.2. The van der Waals surface area contributed by atoms with Crippen molar-refractivity contribution in [2.45, 2.75) is 77.8 Å². The summed E-state index contributed by atoms with van der Waals surface area (Å²) in [5.74, 6) is -1.32. The van der Waals surface area contributed by atoms with Gasteiger partial charge in [0.05, 0.1) is 0 Å². The highest BCUT2D eigenvalue weighted by Gasteiger charge is 2.34. The van der Waals surface area contributed by atoms with Gasteiger partial charge in [-0.15, -0.1) is 0 Å². The summed E-state index contributed by atoms with van der Waals surface area (Å²) in [6, 6.07) is 6.23. The summed E-state index contributed by atoms with van der Waals surface area (Å²) in [4.78, 5) is 21.2. The minimum Gasteiger partial charge on any atom is -0.517 e. The Morgan fingerprint density at radius 1 is 0.792 bits per heavy atom. The lowest BCUT2D eigenvalue weighted by molar-refractivity contribution is -0.140. The molecular formula is C16H36O6Si2. The van der Waals surface area contributed by atoms with Gasteiger partial charge in [0, 0.05) is 0 Å². The van der Waals surface area contributed by atoms with E-state index in [2.05, 4.69) is 41.5 Å². The Balaban J connectivity index is 0. The fourth-order valence-electron chi connectivity index (χ4n) is 2.51. The molecule has 0 aliphatic heterocycles. The monoisotopic (exact) mass is 380 g/mol. The van der Waals surface area contributed by atoms with Crippen molar-refractivity contribution in [3.8, 4) is 0 Å². The maximum absolute atomic E-state index is 12.0. The van der Waals surface area contributed by atoms with Gasteiger partial charge < -0.3 is 19.1 Å². The molecular weight excluding hydrogens is 344 g/mol. The second-order valence-electron chi connectivity index (χ2n) is 5.80. The molecule has 0 amide bonds. The van der Waals surface area contributed by atoms with Crippen molar-refractivity contribution in [2.24, 2.45) is 0 Å². The summed E-state index contributed by atoms with van der Waals surface area (Å²) in [7, 11) is -3.49. The van der Waals surface area contributed by atoms with Crippen LogP contribution < -0.4 is 0 Å². The normalized spacial score (nSPS) is 11.5. The van der Waals surface area contributed by atoms with Gasteiger partial charge in [-0.25, -0.2) is 4.79 Å². The van der Waals surface area contributed by atoms with Gasteiger partial charge >= 0.3 is 11.9 Å². The van der Waals surface area contributed by atoms with Crippen molar-refractivity contribution in [2.75, 3.05) is 13.2 Å². The zero-order valence-electron chi connectivity index (χ0n) is 16.2. The Morgan fingerprint density at radius 2 is 1.12 bits per heavy atom. The van der Waals surface area contributed by atoms with Crippen LogP contribution in [0.5, 0.6) is 0 Å². The van der Waals surface area contributed by atoms with Gasteiger partial charge in [-0.2, -0.15) is 0 Å². The van der Waals surface area contributed by atoms with Crippen LogP contribution in [-0.2, 0) is 18.4 Å². The molecule has 0 radical (unpaired) electrons. The molecule has 0 rings (SSSR count). The molecule has 0 bridgehead atoms. The summed E-state index contributed by atoms with van der Waals surface area (Å²) in [5.41, 5.74) is 0. The minimum absolute atomic E-state index is 0.135. The maximum Gasteiger partial charge on any atom is 0.329 e. The van der Waals surface area contributed by atoms with Gasteiger partial charge in [0.25, 0.3) is 8.32 Å². The van der Waals surface area contributed by atoms with E-state index in [-0.39, 0.29) is 12.6 Å². The van der Waals surface area contributed by atoms with Crippen LogP contribution in [0.4, 0.5) is 0 Å². The van der Waals surface area contributed by atoms with E-state index in [0.717, 1.165) is 36.3 Å². The van der Waals surface area contributed by atoms with E-state index in [1.807, 2.05) is 0 Å². The number of carboxylic acid groups (broad SMARTS) is 1. The number of hydrogen-bond donors (Lipinski definition) is 2. The Kier molecular flexibility index (Phi) is 14.4. The summed E-state index contributed by atoms with van der Waals surface area (Å²) in [6.07, 6.45) is 0. The first kappa shape index (κ1) is 25.5. The molecule has 0 spiro atoms. The van der Waals surface area contributed by atoms with Gasteiger partial charge in [-0.3, -0.25) is 4.79 Å². The van der Waals surface area contributed by atoms with Crippen molar-refractivity contribution in [3.05, 3.63) is 0 Å². The fourth-order valence-corrected chi connectivity index (χ4v) is 7.52. The zero-order chi connectivity index (χ0) is 19.2. The van der Waals surface area contributed by atoms with E-state index in [4.69, 9.17) is 23.9 Å². The molecule has 0 aliphatic carbocycles. The number of carbonyl (C=O) groups excluding carboxylic acids is 1. The molecule has 0 saturated heterocycles. The van der Waals surface area contributed by atoms with E-state index in [1.54, 1.807) is 0 Å². The standard InChI is InChI=1S/C14H32O3Si2.C2H4O3/c1-7-18(8-2,9-3)16-13-14(15)17-19(10-4,11-5)12-6;3-1-2(4)5/h7-13H2,1-6H3;3H,1H2,(H,4,5). The number of carbonyl (C=O) groups is 2. The van der Waals surface area contributed by atoms with E-state index < -0.39 is 29.2 Å². The highest BCUT2D eigenvalue weighted by Crippen LogP contribution is 2.24. The van der Waals surface area contributed by atoms with Crippen molar-refractivity contribution < 1.29 is 28.7 Å². The second-order valence-corrected chi connectivity index (χ2v) is 15.3. The number of carboxylic acids is 1. The average molecular weight is 381 g/mol. The van der Waals surface area contributed by atoms with Crippen LogP contribution in [-0.4, -0.2) is 52.0 Å². The van der Waals surface area contributed by atoms with Gasteiger partial charge in [-0.1, -0.05) is 41.5 Å². The maximum atomic E-state index is 12.0. The number of aliphatic hydroxyl groups is 1. The number of rotatable bonds is 11. The third-order valence-electron chi connectivity index (χ3n) is 4.83. The van der Waals surface area contributed by atoms with Gasteiger partial charge in [0.1, 0.15) is 13.2 Å². The van der Waals surface area contributed by atoms with E-state index in [9.17, 15) is 4.79 Å². The molecule has 0 aromatic carbocycles. The van der Waals surface area contributed by atoms with Gasteiger partial charge in [0.2, 0.25) is 0 Å². The van der Waals surface area contributed by atoms with E-state index >= 15 is 0 Å². The quantitative estimate of drug-likeness (QED) is 0.532. The Hall–Kier alpha value is -0.706. The molecule has 8 heteroatoms. The lowest BCUT2D eigenvalue weighted by Gasteiger charge is -2.30. The topological polar surface area (TPSA) is 93.1 Å². The van der Waals surface area contributed by atoms with Gasteiger partial charge in [0.15, 0.2) is 8.32 Å². The largest absolute Gasteiger partial charge is 0.517 e. The molecule has 0 fully saturated rings. The number of aliphatic hydroxyl groups excluding tert-OH is 1. The molecule has 6 nitrogen and oxygen atoms in total. The summed E-state index contributed by atoms with van der Waals surface area (Å²) in [5, 5.41) is 15.0. The van der Waals surface area contributed by atoms with Crippen molar-refractivity contribution in [1.82, 2.24) is 0 Å². The molecule has 0 atom stereocenters. The van der Waals surface area contributed by atoms with Gasteiger partial charge in [-0.05, 0) is 36.3 Å². The van der Waals surface area contributed by atoms with E-state index in [1.165, 1.54) is 0 Å². The molecule has 0 aromatic rings. The molecule has 0 unspecified atom stereocenters. The third-order valence-corrected chi connectivity index (χ3v) is 14.0. The molecule has 144 valence electrons. The van der Waals surface area contributed by atoms with Crippen LogP contribution in [0.1, 0.15) is 41.5 Å². The minimum atomic E-state index is -1.82. The highest BCUT2D eigenvalue weighted by molar-refractivity contribution is 6.75. The Morgan fingerprint density at radius 3 is 1.38 bits per heavy atom. The summed E-state index contributed by atoms with van der Waals surface area (Å²) < 4.78 is 11.8. The lowest BCUT2D eigenvalue weighted by Crippen LogP contribution is -2.42. The molecule has 0 aliphatic rings. The lowest BCUT2D eigenvalue weighted by atomic mass is 10.8. The Bertz CT molecular complexity index is 338. The van der Waals surface area contributed by atoms with Crippen molar-refractivity contribution >= 4 is 28.6 Å². The third kappa shape index (κ3) is 9.56. The fraction of sp³-hybridized carbons (Fsp3) is 0.875. The second kappa shape index (κ2) is 13.6. The molecule has 2 N–H and O–H groups in total. The van der Waals surface area contributed by atoms with Crippen LogP contribution in [0.3, 0.4) is 0 Å². The first-order valence-electron chi connectivity index (χ1n) is 8.92. The number of aliphatic carboxylic acids is 1. The number of hydrogen-bond acceptors (Lipinski definition) is 5. The Labute approximate surface area is 148 Å². The van der Waals surface area contributed by atoms with Crippen LogP contribution in [0.15, 0.2) is 0 Å². The predicted molar refractivity (Wildman–Crippen MR) is 101 cm³/mol. The van der Waals surface area contributed by atoms with Crippen LogP contribution >= 0.6 is 0 Å². The summed E-state index contributed by atoms with van der Waals surface area (Å²) >= 11 is 0. The summed E-state index contributed by atoms with van der Waals surface area (Å²) in [6.45, 7) is 12.3. The van der Waals surface area contributed by atoms with Crippen molar-refractivity contribution in [1.29, 1.82) is 0 Å². The average Bonchev–Trinajstić information content (AvgIpc) is 2.62. The van der Waals surface area contributed by atoms with E-state index in [0.29, 0.717) is 0 Å². The molecule has 0 aromatic heterocycles. The van der Waals surface area contributed by atoms with Crippen LogP contribution in [0, 0.1) is 0 Å². The molecule has 0 saturated carbocycles. The SMILES string of the molecule is CC[Si](CC)(CC)OCC(=O)O[Si](CC)(CC)CC.O=C(O)CO. The highest BCUT2D eigenvalue weighted by atomic mass is 28.4. The molecule has 24 heavy (non-hydrogen) atoms. The van der Waals surface area contributed by atoms with Crippen molar-refractivity contribution in [3.63, 3.8) is 0 Å². The first-order chi connectivity index (χ1) is 11.2. The van der Waals surface area contributed by atoms with Crippen LogP contribution in [0.25, 0.3) is 0 Å². The predicted octanol–water partition coefficient (Wildman–Crippen LogP) is 3.62. The smallest absolute Gasteiger partial charge is 0.329 e. The first-order valence-corrected chi connectivity index (χ1v) is 14.0. The molecule has 0 heterocycles. The van der Waals surface area contributed by atoms with Crippen LogP contribution in [0.2, 0.25) is 36.3 Å².